The number of carbonyl (C=O) groups excluding carboxylic acids is 1. The van der Waals surface area contributed by atoms with Crippen molar-refractivity contribution in [3.8, 4) is 0 Å². The summed E-state index contributed by atoms with van der Waals surface area (Å²) in [5, 5.41) is 1.48. The van der Waals surface area contributed by atoms with E-state index in [0.29, 0.717) is 27.7 Å². The number of benzene rings is 2. The van der Waals surface area contributed by atoms with E-state index in [-0.39, 0.29) is 10.6 Å². The quantitative estimate of drug-likeness (QED) is 0.476. The number of ether oxygens (including phenoxy) is 1. The summed E-state index contributed by atoms with van der Waals surface area (Å²) in [4.78, 5) is 16.9. The molecular formula is C22H20N2O4S. The highest BCUT2D eigenvalue weighted by molar-refractivity contribution is 7.90. The standard InChI is InChI=1S/C22H20N2O4S/c1-13-9-11-16(12-10-13)29(26,27)24-18-8-6-5-7-17(18)19-15(3)23-20(22(25)28-4)14(2)21(19)24/h5-12H,1-4H3. The summed E-state index contributed by atoms with van der Waals surface area (Å²) >= 11 is 0. The Morgan fingerprint density at radius 1 is 1.00 bits per heavy atom. The molecule has 0 saturated carbocycles. The Labute approximate surface area is 168 Å². The van der Waals surface area contributed by atoms with Crippen LogP contribution in [0.15, 0.2) is 53.4 Å². The van der Waals surface area contributed by atoms with Crippen LogP contribution in [0.5, 0.6) is 0 Å². The van der Waals surface area contributed by atoms with Gasteiger partial charge in [0.25, 0.3) is 10.0 Å². The van der Waals surface area contributed by atoms with Crippen molar-refractivity contribution < 1.29 is 17.9 Å². The smallest absolute Gasteiger partial charge is 0.357 e. The van der Waals surface area contributed by atoms with E-state index < -0.39 is 16.0 Å². The minimum absolute atomic E-state index is 0.112. The van der Waals surface area contributed by atoms with E-state index in [1.54, 1.807) is 50.2 Å². The highest BCUT2D eigenvalue weighted by Gasteiger charge is 2.28. The number of hydrogen-bond donors (Lipinski definition) is 0. The Bertz CT molecular complexity index is 1380. The number of nitrogens with zero attached hydrogens (tertiary/aromatic N) is 2. The van der Waals surface area contributed by atoms with Crippen LogP contribution in [-0.2, 0) is 14.8 Å². The molecule has 0 unspecified atom stereocenters. The summed E-state index contributed by atoms with van der Waals surface area (Å²) in [6.07, 6.45) is 0. The number of pyridine rings is 1. The molecule has 2 aromatic carbocycles. The predicted octanol–water partition coefficient (Wildman–Crippen LogP) is 4.14. The zero-order valence-electron chi connectivity index (χ0n) is 16.6. The molecule has 4 rings (SSSR count). The van der Waals surface area contributed by atoms with Gasteiger partial charge in [-0.05, 0) is 39.0 Å². The van der Waals surface area contributed by atoms with Gasteiger partial charge < -0.3 is 4.74 Å². The molecule has 0 saturated heterocycles. The van der Waals surface area contributed by atoms with Crippen molar-refractivity contribution in [1.82, 2.24) is 8.96 Å². The van der Waals surface area contributed by atoms with Gasteiger partial charge in [0, 0.05) is 22.0 Å². The summed E-state index contributed by atoms with van der Waals surface area (Å²) < 4.78 is 33.5. The van der Waals surface area contributed by atoms with Crippen molar-refractivity contribution in [2.24, 2.45) is 0 Å². The SMILES string of the molecule is COC(=O)c1nc(C)c2c3ccccc3n(S(=O)(=O)c3ccc(C)cc3)c2c1C. The summed E-state index contributed by atoms with van der Waals surface area (Å²) in [7, 11) is -2.64. The third-order valence-electron chi connectivity index (χ3n) is 5.12. The first-order valence-electron chi connectivity index (χ1n) is 9.08. The van der Waals surface area contributed by atoms with Crippen molar-refractivity contribution >= 4 is 37.8 Å². The van der Waals surface area contributed by atoms with Crippen LogP contribution in [0.1, 0.15) is 27.3 Å². The molecule has 0 spiro atoms. The van der Waals surface area contributed by atoms with Gasteiger partial charge in [0.15, 0.2) is 5.69 Å². The molecule has 0 fully saturated rings. The van der Waals surface area contributed by atoms with Crippen molar-refractivity contribution in [2.75, 3.05) is 7.11 Å². The van der Waals surface area contributed by atoms with Gasteiger partial charge in [0.2, 0.25) is 0 Å². The van der Waals surface area contributed by atoms with Gasteiger partial charge in [-0.3, -0.25) is 0 Å². The molecule has 0 aliphatic heterocycles. The Balaban J connectivity index is 2.21. The van der Waals surface area contributed by atoms with Crippen molar-refractivity contribution in [2.45, 2.75) is 25.7 Å². The fraction of sp³-hybridized carbons (Fsp3) is 0.182. The van der Waals surface area contributed by atoms with Crippen LogP contribution >= 0.6 is 0 Å². The molecule has 0 atom stereocenters. The molecule has 6 nitrogen and oxygen atoms in total. The van der Waals surface area contributed by atoms with Gasteiger partial charge in [-0.25, -0.2) is 22.2 Å². The molecule has 0 aliphatic carbocycles. The number of esters is 1. The number of methoxy groups -OCH3 is 1. The second kappa shape index (κ2) is 6.70. The molecule has 0 bridgehead atoms. The molecule has 0 amide bonds. The number of aromatic nitrogens is 2. The van der Waals surface area contributed by atoms with Crippen LogP contribution < -0.4 is 0 Å². The van der Waals surface area contributed by atoms with E-state index in [4.69, 9.17) is 4.74 Å². The molecule has 29 heavy (non-hydrogen) atoms. The van der Waals surface area contributed by atoms with Crippen LogP contribution in [0.4, 0.5) is 0 Å². The summed E-state index contributed by atoms with van der Waals surface area (Å²) in [6, 6.07) is 14.0. The highest BCUT2D eigenvalue weighted by Crippen LogP contribution is 2.36. The summed E-state index contributed by atoms with van der Waals surface area (Å²) in [5.74, 6) is -0.600. The normalized spacial score (nSPS) is 11.9. The lowest BCUT2D eigenvalue weighted by atomic mass is 10.1. The minimum atomic E-state index is -3.92. The molecular weight excluding hydrogens is 388 g/mol. The minimum Gasteiger partial charge on any atom is -0.464 e. The first-order chi connectivity index (χ1) is 13.8. The summed E-state index contributed by atoms with van der Waals surface area (Å²) in [6.45, 7) is 5.36. The van der Waals surface area contributed by atoms with E-state index >= 15 is 0 Å². The molecule has 7 heteroatoms. The van der Waals surface area contributed by atoms with Gasteiger partial charge >= 0.3 is 5.97 Å². The maximum absolute atomic E-state index is 13.7. The molecule has 0 radical (unpaired) electrons. The van der Waals surface area contributed by atoms with E-state index in [1.165, 1.54) is 11.1 Å². The maximum atomic E-state index is 13.7. The van der Waals surface area contributed by atoms with Crippen LogP contribution in [0.2, 0.25) is 0 Å². The second-order valence-corrected chi connectivity index (χ2v) is 8.77. The number of carbonyl (C=O) groups is 1. The van der Waals surface area contributed by atoms with Gasteiger partial charge in [0.1, 0.15) is 0 Å². The Kier molecular flexibility index (Phi) is 4.42. The van der Waals surface area contributed by atoms with Crippen LogP contribution in [-0.4, -0.2) is 30.5 Å². The van der Waals surface area contributed by atoms with Crippen molar-refractivity contribution in [1.29, 1.82) is 0 Å². The van der Waals surface area contributed by atoms with Gasteiger partial charge in [-0.15, -0.1) is 0 Å². The molecule has 4 aromatic rings. The summed E-state index contributed by atoms with van der Waals surface area (Å²) in [5.41, 5.74) is 3.10. The third kappa shape index (κ3) is 2.81. The van der Waals surface area contributed by atoms with Gasteiger partial charge in [-0.2, -0.15) is 0 Å². The lowest BCUT2D eigenvalue weighted by Gasteiger charge is -2.13. The van der Waals surface area contributed by atoms with E-state index in [0.717, 1.165) is 10.9 Å². The molecule has 148 valence electrons. The fourth-order valence-electron chi connectivity index (χ4n) is 3.70. The van der Waals surface area contributed by atoms with Gasteiger partial charge in [-0.1, -0.05) is 35.9 Å². The fourth-order valence-corrected chi connectivity index (χ4v) is 5.28. The lowest BCUT2D eigenvalue weighted by Crippen LogP contribution is -2.15. The molecule has 2 heterocycles. The van der Waals surface area contributed by atoms with Crippen LogP contribution in [0, 0.1) is 20.8 Å². The topological polar surface area (TPSA) is 78.3 Å². The zero-order chi connectivity index (χ0) is 20.9. The highest BCUT2D eigenvalue weighted by atomic mass is 32.2. The first kappa shape index (κ1) is 19.1. The van der Waals surface area contributed by atoms with Gasteiger partial charge in [0.05, 0.1) is 23.0 Å². The Morgan fingerprint density at radius 3 is 2.31 bits per heavy atom. The molecule has 0 N–H and O–H groups in total. The maximum Gasteiger partial charge on any atom is 0.357 e. The largest absolute Gasteiger partial charge is 0.464 e. The Morgan fingerprint density at radius 2 is 1.66 bits per heavy atom. The number of para-hydroxylation sites is 1. The predicted molar refractivity (Wildman–Crippen MR) is 112 cm³/mol. The molecule has 0 aliphatic rings. The van der Waals surface area contributed by atoms with Crippen molar-refractivity contribution in [3.63, 3.8) is 0 Å². The van der Waals surface area contributed by atoms with Crippen molar-refractivity contribution in [3.05, 3.63) is 71.0 Å². The van der Waals surface area contributed by atoms with Crippen LogP contribution in [0.3, 0.4) is 0 Å². The lowest BCUT2D eigenvalue weighted by molar-refractivity contribution is 0.0593. The average molecular weight is 408 g/mol. The molecule has 2 aromatic heterocycles. The number of fused-ring (bicyclic) bond motifs is 3. The monoisotopic (exact) mass is 408 g/mol. The average Bonchev–Trinajstić information content (AvgIpc) is 3.07. The van der Waals surface area contributed by atoms with Crippen LogP contribution in [0.25, 0.3) is 21.8 Å². The van der Waals surface area contributed by atoms with E-state index in [9.17, 15) is 13.2 Å². The van der Waals surface area contributed by atoms with E-state index in [2.05, 4.69) is 4.98 Å². The number of aryl methyl sites for hydroxylation is 3. The first-order valence-corrected chi connectivity index (χ1v) is 10.5. The number of rotatable bonds is 3. The third-order valence-corrected chi connectivity index (χ3v) is 6.85. The second-order valence-electron chi connectivity index (χ2n) is 6.99. The zero-order valence-corrected chi connectivity index (χ0v) is 17.4. The van der Waals surface area contributed by atoms with E-state index in [1.807, 2.05) is 19.1 Å². The Hall–Kier alpha value is -3.19. The number of hydrogen-bond acceptors (Lipinski definition) is 5.